The molecule has 0 saturated heterocycles. The van der Waals surface area contributed by atoms with Crippen LogP contribution in [0.25, 0.3) is 0 Å². The van der Waals surface area contributed by atoms with Gasteiger partial charge >= 0.3 is 5.97 Å². The fourth-order valence-electron chi connectivity index (χ4n) is 1.98. The number of benzene rings is 1. The minimum atomic E-state index is -0.621. The maximum Gasteiger partial charge on any atom is 0.306 e. The monoisotopic (exact) mass is 376 g/mol. The molecule has 0 aliphatic rings. The van der Waals surface area contributed by atoms with Gasteiger partial charge in [-0.05, 0) is 44.0 Å². The van der Waals surface area contributed by atoms with Crippen LogP contribution in [-0.4, -0.2) is 34.6 Å². The summed E-state index contributed by atoms with van der Waals surface area (Å²) in [7, 11) is 0. The molecule has 1 aromatic heterocycles. The maximum absolute atomic E-state index is 11.8. The van der Waals surface area contributed by atoms with Crippen molar-refractivity contribution in [3.8, 4) is 0 Å². The molecule has 0 spiro atoms. The molecule has 2 N–H and O–H groups in total. The van der Waals surface area contributed by atoms with Gasteiger partial charge in [0, 0.05) is 12.1 Å². The van der Waals surface area contributed by atoms with E-state index in [4.69, 9.17) is 4.74 Å². The van der Waals surface area contributed by atoms with Gasteiger partial charge in [0.2, 0.25) is 11.0 Å². The highest BCUT2D eigenvalue weighted by atomic mass is 32.1. The molecule has 0 atom stereocenters. The van der Waals surface area contributed by atoms with Crippen molar-refractivity contribution in [3.63, 3.8) is 0 Å². The van der Waals surface area contributed by atoms with Crippen LogP contribution in [-0.2, 0) is 19.1 Å². The van der Waals surface area contributed by atoms with Crippen LogP contribution in [0, 0.1) is 20.8 Å². The highest BCUT2D eigenvalue weighted by Gasteiger charge is 2.12. The molecular formula is C17H20N4O4S. The fraction of sp³-hybridized carbons (Fsp3) is 0.353. The van der Waals surface area contributed by atoms with Crippen molar-refractivity contribution >= 4 is 39.9 Å². The second-order valence-electron chi connectivity index (χ2n) is 5.68. The third-order valence-electron chi connectivity index (χ3n) is 3.48. The van der Waals surface area contributed by atoms with Gasteiger partial charge in [-0.2, -0.15) is 0 Å². The first-order valence-corrected chi connectivity index (χ1v) is 8.78. The molecule has 0 aliphatic carbocycles. The number of nitrogens with one attached hydrogen (secondary N) is 2. The molecule has 0 bridgehead atoms. The Bertz CT molecular complexity index is 819. The summed E-state index contributed by atoms with van der Waals surface area (Å²) in [6.07, 6.45) is -0.184. The molecule has 1 heterocycles. The van der Waals surface area contributed by atoms with Gasteiger partial charge in [-0.1, -0.05) is 17.4 Å². The highest BCUT2D eigenvalue weighted by Crippen LogP contribution is 2.15. The third kappa shape index (κ3) is 6.25. The number of esters is 1. The lowest BCUT2D eigenvalue weighted by molar-refractivity contribution is -0.147. The largest absolute Gasteiger partial charge is 0.456 e. The second-order valence-corrected chi connectivity index (χ2v) is 6.86. The molecular weight excluding hydrogens is 356 g/mol. The standard InChI is InChI=1S/C17H20N4O4S/c1-10-4-5-13(8-11(10)2)18-15(23)9-25-16(24)7-6-14(22)19-17-21-20-12(3)26-17/h4-5,8H,6-7,9H2,1-3H3,(H,18,23)(H,19,21,22). The van der Waals surface area contributed by atoms with Crippen LogP contribution in [0.4, 0.5) is 10.8 Å². The summed E-state index contributed by atoms with van der Waals surface area (Å²) in [5.74, 6) is -1.42. The number of carbonyl (C=O) groups excluding carboxylic acids is 3. The molecule has 0 fully saturated rings. The van der Waals surface area contributed by atoms with E-state index in [0.717, 1.165) is 16.1 Å². The van der Waals surface area contributed by atoms with Gasteiger partial charge in [-0.3, -0.25) is 14.4 Å². The summed E-state index contributed by atoms with van der Waals surface area (Å²) in [4.78, 5) is 35.2. The smallest absolute Gasteiger partial charge is 0.306 e. The Kier molecular flexibility index (Phi) is 6.79. The van der Waals surface area contributed by atoms with Crippen molar-refractivity contribution in [2.45, 2.75) is 33.6 Å². The first-order chi connectivity index (χ1) is 12.3. The lowest BCUT2D eigenvalue weighted by atomic mass is 10.1. The summed E-state index contributed by atoms with van der Waals surface area (Å²) in [6.45, 7) is 5.29. The Hall–Kier alpha value is -2.81. The molecule has 2 amide bonds. The molecule has 2 rings (SSSR count). The molecule has 26 heavy (non-hydrogen) atoms. The number of aromatic nitrogens is 2. The number of amides is 2. The predicted molar refractivity (Wildman–Crippen MR) is 98.0 cm³/mol. The first-order valence-electron chi connectivity index (χ1n) is 7.96. The number of ether oxygens (including phenoxy) is 1. The Morgan fingerprint density at radius 1 is 1.00 bits per heavy atom. The van der Waals surface area contributed by atoms with Gasteiger partial charge in [-0.15, -0.1) is 10.2 Å². The molecule has 1 aromatic carbocycles. The summed E-state index contributed by atoms with van der Waals surface area (Å²) < 4.78 is 4.88. The number of aryl methyl sites for hydroxylation is 3. The van der Waals surface area contributed by atoms with E-state index in [9.17, 15) is 14.4 Å². The van der Waals surface area contributed by atoms with E-state index in [1.807, 2.05) is 26.0 Å². The Morgan fingerprint density at radius 3 is 2.42 bits per heavy atom. The minimum Gasteiger partial charge on any atom is -0.456 e. The molecule has 0 radical (unpaired) electrons. The second kappa shape index (κ2) is 9.04. The molecule has 2 aromatic rings. The average Bonchev–Trinajstić information content (AvgIpc) is 2.99. The first kappa shape index (κ1) is 19.5. The minimum absolute atomic E-state index is 0.0593. The number of nitrogens with zero attached hydrogens (tertiary/aromatic N) is 2. The Balaban J connectivity index is 1.68. The van der Waals surface area contributed by atoms with E-state index >= 15 is 0 Å². The fourth-order valence-corrected chi connectivity index (χ4v) is 2.59. The predicted octanol–water partition coefficient (Wildman–Crippen LogP) is 2.36. The van der Waals surface area contributed by atoms with Gasteiger partial charge in [0.25, 0.3) is 5.91 Å². The van der Waals surface area contributed by atoms with Crippen LogP contribution in [0.5, 0.6) is 0 Å². The number of anilines is 2. The summed E-state index contributed by atoms with van der Waals surface area (Å²) in [5.41, 5.74) is 2.81. The highest BCUT2D eigenvalue weighted by molar-refractivity contribution is 7.15. The lowest BCUT2D eigenvalue weighted by Crippen LogP contribution is -2.21. The van der Waals surface area contributed by atoms with Gasteiger partial charge in [0.05, 0.1) is 6.42 Å². The zero-order chi connectivity index (χ0) is 19.1. The lowest BCUT2D eigenvalue weighted by Gasteiger charge is -2.08. The van der Waals surface area contributed by atoms with Crippen LogP contribution in [0.3, 0.4) is 0 Å². The molecule has 0 aliphatic heterocycles. The van der Waals surface area contributed by atoms with Crippen molar-refractivity contribution in [1.82, 2.24) is 10.2 Å². The summed E-state index contributed by atoms with van der Waals surface area (Å²) >= 11 is 1.24. The van der Waals surface area contributed by atoms with Gasteiger partial charge in [-0.25, -0.2) is 0 Å². The van der Waals surface area contributed by atoms with Crippen LogP contribution in [0.15, 0.2) is 18.2 Å². The van der Waals surface area contributed by atoms with E-state index in [1.54, 1.807) is 13.0 Å². The maximum atomic E-state index is 11.8. The van der Waals surface area contributed by atoms with E-state index in [0.29, 0.717) is 10.8 Å². The molecule has 0 unspecified atom stereocenters. The van der Waals surface area contributed by atoms with Crippen molar-refractivity contribution < 1.29 is 19.1 Å². The quantitative estimate of drug-likeness (QED) is 0.718. The zero-order valence-corrected chi connectivity index (χ0v) is 15.6. The normalized spacial score (nSPS) is 10.3. The molecule has 9 heteroatoms. The van der Waals surface area contributed by atoms with E-state index in [2.05, 4.69) is 20.8 Å². The van der Waals surface area contributed by atoms with Gasteiger partial charge in [0.15, 0.2) is 6.61 Å². The van der Waals surface area contributed by atoms with Crippen LogP contribution in [0.1, 0.15) is 29.0 Å². The topological polar surface area (TPSA) is 110 Å². The Morgan fingerprint density at radius 2 is 1.77 bits per heavy atom. The van der Waals surface area contributed by atoms with Crippen molar-refractivity contribution in [3.05, 3.63) is 34.3 Å². The summed E-state index contributed by atoms with van der Waals surface area (Å²) in [6, 6.07) is 5.52. The van der Waals surface area contributed by atoms with Gasteiger partial charge in [0.1, 0.15) is 5.01 Å². The number of rotatable bonds is 7. The van der Waals surface area contributed by atoms with E-state index in [1.165, 1.54) is 11.3 Å². The summed E-state index contributed by atoms with van der Waals surface area (Å²) in [5, 5.41) is 13.9. The van der Waals surface area contributed by atoms with Crippen molar-refractivity contribution in [2.24, 2.45) is 0 Å². The third-order valence-corrected chi connectivity index (χ3v) is 4.24. The van der Waals surface area contributed by atoms with E-state index < -0.39 is 18.5 Å². The van der Waals surface area contributed by atoms with Crippen LogP contribution < -0.4 is 10.6 Å². The number of carbonyl (C=O) groups is 3. The molecule has 8 nitrogen and oxygen atoms in total. The van der Waals surface area contributed by atoms with Gasteiger partial charge < -0.3 is 15.4 Å². The average molecular weight is 376 g/mol. The Labute approximate surface area is 155 Å². The van der Waals surface area contributed by atoms with Crippen LogP contribution >= 0.6 is 11.3 Å². The number of hydrogen-bond donors (Lipinski definition) is 2. The molecule has 138 valence electrons. The zero-order valence-electron chi connectivity index (χ0n) is 14.8. The molecule has 0 saturated carbocycles. The van der Waals surface area contributed by atoms with Crippen LogP contribution in [0.2, 0.25) is 0 Å². The SMILES string of the molecule is Cc1nnc(NC(=O)CCC(=O)OCC(=O)Nc2ccc(C)c(C)c2)s1. The van der Waals surface area contributed by atoms with Crippen molar-refractivity contribution in [2.75, 3.05) is 17.2 Å². The van der Waals surface area contributed by atoms with E-state index in [-0.39, 0.29) is 18.7 Å². The van der Waals surface area contributed by atoms with Crippen molar-refractivity contribution in [1.29, 1.82) is 0 Å². The number of hydrogen-bond acceptors (Lipinski definition) is 7.